The molecule has 0 unspecified atom stereocenters. The number of hydrogen-bond acceptors (Lipinski definition) is 2. The number of para-hydroxylation sites is 1. The lowest BCUT2D eigenvalue weighted by atomic mass is 10.1. The third kappa shape index (κ3) is 1.75. The average Bonchev–Trinajstić information content (AvgIpc) is 2.20. The van der Waals surface area contributed by atoms with Crippen molar-refractivity contribution in [2.24, 2.45) is 0 Å². The van der Waals surface area contributed by atoms with Crippen LogP contribution in [0.15, 0.2) is 24.3 Å². The van der Waals surface area contributed by atoms with Crippen LogP contribution < -0.4 is 10.2 Å². The first kappa shape index (κ1) is 9.53. The molecule has 1 atom stereocenters. The molecule has 0 radical (unpaired) electrons. The van der Waals surface area contributed by atoms with Crippen molar-refractivity contribution in [1.29, 1.82) is 0 Å². The van der Waals surface area contributed by atoms with Gasteiger partial charge in [-0.25, -0.2) is 0 Å². The summed E-state index contributed by atoms with van der Waals surface area (Å²) in [4.78, 5) is 2.49. The normalized spacial score (nSPS) is 22.4. The van der Waals surface area contributed by atoms with Gasteiger partial charge in [0.05, 0.1) is 0 Å². The van der Waals surface area contributed by atoms with E-state index in [0.29, 0.717) is 6.04 Å². The molecule has 0 bridgehead atoms. The van der Waals surface area contributed by atoms with Crippen molar-refractivity contribution in [1.82, 2.24) is 5.32 Å². The minimum atomic E-state index is 0.602. The highest BCUT2D eigenvalue weighted by molar-refractivity contribution is 5.54. The lowest BCUT2D eigenvalue weighted by Crippen LogP contribution is -2.50. The number of nitrogens with one attached hydrogen (secondary N) is 1. The van der Waals surface area contributed by atoms with Gasteiger partial charge in [-0.15, -0.1) is 0 Å². The molecule has 1 aliphatic heterocycles. The summed E-state index contributed by atoms with van der Waals surface area (Å²) in [5, 5.41) is 3.41. The van der Waals surface area contributed by atoms with E-state index in [-0.39, 0.29) is 0 Å². The van der Waals surface area contributed by atoms with Crippen LogP contribution in [0.5, 0.6) is 0 Å². The van der Waals surface area contributed by atoms with E-state index in [9.17, 15) is 0 Å². The summed E-state index contributed by atoms with van der Waals surface area (Å²) in [6, 6.07) is 9.23. The van der Waals surface area contributed by atoms with Gasteiger partial charge in [0.15, 0.2) is 0 Å². The second kappa shape index (κ2) is 4.01. The van der Waals surface area contributed by atoms with E-state index < -0.39 is 0 Å². The predicted octanol–water partition coefficient (Wildman–Crippen LogP) is 1.79. The highest BCUT2D eigenvalue weighted by atomic mass is 15.2. The molecule has 1 aromatic rings. The predicted molar refractivity (Wildman–Crippen MR) is 60.9 cm³/mol. The van der Waals surface area contributed by atoms with Crippen LogP contribution in [0.4, 0.5) is 5.69 Å². The van der Waals surface area contributed by atoms with Crippen molar-refractivity contribution < 1.29 is 0 Å². The van der Waals surface area contributed by atoms with Gasteiger partial charge in [-0.2, -0.15) is 0 Å². The topological polar surface area (TPSA) is 15.3 Å². The zero-order chi connectivity index (χ0) is 9.97. The lowest BCUT2D eigenvalue weighted by molar-refractivity contribution is 0.500. The smallest absolute Gasteiger partial charge is 0.0399 e. The van der Waals surface area contributed by atoms with Crippen molar-refractivity contribution in [3.63, 3.8) is 0 Å². The van der Waals surface area contributed by atoms with Gasteiger partial charge in [-0.1, -0.05) is 18.2 Å². The molecule has 1 aliphatic rings. The summed E-state index contributed by atoms with van der Waals surface area (Å²) in [6.07, 6.45) is 0. The lowest BCUT2D eigenvalue weighted by Gasteiger charge is -2.36. The molecule has 0 aromatic heterocycles. The molecule has 2 nitrogen and oxygen atoms in total. The van der Waals surface area contributed by atoms with E-state index in [4.69, 9.17) is 0 Å². The van der Waals surface area contributed by atoms with Gasteiger partial charge < -0.3 is 10.2 Å². The summed E-state index contributed by atoms with van der Waals surface area (Å²) in [5.74, 6) is 0. The fourth-order valence-electron chi connectivity index (χ4n) is 2.08. The fraction of sp³-hybridized carbons (Fsp3) is 0.500. The molecule has 0 aliphatic carbocycles. The Labute approximate surface area is 85.9 Å². The highest BCUT2D eigenvalue weighted by Crippen LogP contribution is 2.22. The molecular formula is C12H18N2. The summed E-state index contributed by atoms with van der Waals surface area (Å²) < 4.78 is 0. The molecule has 14 heavy (non-hydrogen) atoms. The molecular weight excluding hydrogens is 172 g/mol. The standard InChI is InChI=1S/C12H18N2/c1-10-5-3-4-6-12(10)14-8-7-13-9-11(14)2/h3-6,11,13H,7-9H2,1-2H3/t11-/m0/s1. The highest BCUT2D eigenvalue weighted by Gasteiger charge is 2.18. The number of aryl methyl sites for hydroxylation is 1. The van der Waals surface area contributed by atoms with E-state index in [0.717, 1.165) is 19.6 Å². The first-order valence-electron chi connectivity index (χ1n) is 5.32. The van der Waals surface area contributed by atoms with Gasteiger partial charge >= 0.3 is 0 Å². The van der Waals surface area contributed by atoms with E-state index in [1.165, 1.54) is 11.3 Å². The number of nitrogens with zero attached hydrogens (tertiary/aromatic N) is 1. The van der Waals surface area contributed by atoms with Crippen LogP contribution >= 0.6 is 0 Å². The van der Waals surface area contributed by atoms with Crippen molar-refractivity contribution in [3.05, 3.63) is 29.8 Å². The van der Waals surface area contributed by atoms with Crippen LogP contribution in [0.2, 0.25) is 0 Å². The molecule has 2 heteroatoms. The quantitative estimate of drug-likeness (QED) is 0.726. The molecule has 1 heterocycles. The molecule has 1 aromatic carbocycles. The number of piperazine rings is 1. The Kier molecular flexibility index (Phi) is 2.73. The van der Waals surface area contributed by atoms with Crippen molar-refractivity contribution in [3.8, 4) is 0 Å². The maximum Gasteiger partial charge on any atom is 0.0399 e. The monoisotopic (exact) mass is 190 g/mol. The first-order valence-corrected chi connectivity index (χ1v) is 5.32. The van der Waals surface area contributed by atoms with Crippen LogP contribution in [0, 0.1) is 6.92 Å². The Morgan fingerprint density at radius 2 is 2.14 bits per heavy atom. The van der Waals surface area contributed by atoms with Gasteiger partial charge in [-0.05, 0) is 25.5 Å². The second-order valence-corrected chi connectivity index (χ2v) is 4.03. The Bertz CT molecular complexity index is 309. The Balaban J connectivity index is 2.25. The number of hydrogen-bond donors (Lipinski definition) is 1. The van der Waals surface area contributed by atoms with Crippen LogP contribution in [0.25, 0.3) is 0 Å². The largest absolute Gasteiger partial charge is 0.366 e. The molecule has 0 saturated carbocycles. The van der Waals surface area contributed by atoms with E-state index in [1.54, 1.807) is 0 Å². The van der Waals surface area contributed by atoms with Crippen LogP contribution in [0.1, 0.15) is 12.5 Å². The molecule has 1 fully saturated rings. The molecule has 0 spiro atoms. The molecule has 76 valence electrons. The van der Waals surface area contributed by atoms with E-state index in [2.05, 4.69) is 48.3 Å². The average molecular weight is 190 g/mol. The van der Waals surface area contributed by atoms with Gasteiger partial charge in [0, 0.05) is 31.4 Å². The third-order valence-corrected chi connectivity index (χ3v) is 2.93. The Hall–Kier alpha value is -1.02. The van der Waals surface area contributed by atoms with Gasteiger partial charge in [0.2, 0.25) is 0 Å². The first-order chi connectivity index (χ1) is 6.79. The Morgan fingerprint density at radius 1 is 1.36 bits per heavy atom. The maximum absolute atomic E-state index is 3.41. The van der Waals surface area contributed by atoms with Crippen molar-refractivity contribution >= 4 is 5.69 Å². The van der Waals surface area contributed by atoms with Gasteiger partial charge in [0.25, 0.3) is 0 Å². The van der Waals surface area contributed by atoms with Crippen LogP contribution in [-0.2, 0) is 0 Å². The van der Waals surface area contributed by atoms with E-state index >= 15 is 0 Å². The number of rotatable bonds is 1. The summed E-state index contributed by atoms with van der Waals surface area (Å²) >= 11 is 0. The summed E-state index contributed by atoms with van der Waals surface area (Å²) in [7, 11) is 0. The zero-order valence-corrected chi connectivity index (χ0v) is 8.96. The summed E-state index contributed by atoms with van der Waals surface area (Å²) in [5.41, 5.74) is 2.77. The van der Waals surface area contributed by atoms with Gasteiger partial charge in [0.1, 0.15) is 0 Å². The summed E-state index contributed by atoms with van der Waals surface area (Å²) in [6.45, 7) is 7.77. The van der Waals surface area contributed by atoms with Crippen molar-refractivity contribution in [2.45, 2.75) is 19.9 Å². The van der Waals surface area contributed by atoms with Crippen LogP contribution in [-0.4, -0.2) is 25.7 Å². The van der Waals surface area contributed by atoms with Crippen LogP contribution in [0.3, 0.4) is 0 Å². The zero-order valence-electron chi connectivity index (χ0n) is 8.96. The third-order valence-electron chi connectivity index (χ3n) is 2.93. The minimum absolute atomic E-state index is 0.602. The maximum atomic E-state index is 3.41. The van der Waals surface area contributed by atoms with Gasteiger partial charge in [-0.3, -0.25) is 0 Å². The molecule has 0 amide bonds. The SMILES string of the molecule is Cc1ccccc1N1CCNC[C@@H]1C. The minimum Gasteiger partial charge on any atom is -0.366 e. The number of anilines is 1. The molecule has 1 saturated heterocycles. The fourth-order valence-corrected chi connectivity index (χ4v) is 2.08. The van der Waals surface area contributed by atoms with E-state index in [1.807, 2.05) is 0 Å². The molecule has 2 rings (SSSR count). The molecule has 1 N–H and O–H groups in total. The Morgan fingerprint density at radius 3 is 2.86 bits per heavy atom. The second-order valence-electron chi connectivity index (χ2n) is 4.03. The van der Waals surface area contributed by atoms with Crippen molar-refractivity contribution in [2.75, 3.05) is 24.5 Å². The number of benzene rings is 1.